The zero-order valence-electron chi connectivity index (χ0n) is 13.5. The first-order valence-corrected chi connectivity index (χ1v) is 10.1. The molecular formula is C15H31N3O2S. The zero-order valence-corrected chi connectivity index (χ0v) is 14.3. The summed E-state index contributed by atoms with van der Waals surface area (Å²) >= 11 is 0. The van der Waals surface area contributed by atoms with Gasteiger partial charge in [0.1, 0.15) is 0 Å². The third-order valence-corrected chi connectivity index (χ3v) is 6.66. The van der Waals surface area contributed by atoms with Crippen LogP contribution in [0.1, 0.15) is 52.4 Å². The first-order chi connectivity index (χ1) is 10.0. The Morgan fingerprint density at radius 2 is 1.95 bits per heavy atom. The molecule has 0 spiro atoms. The van der Waals surface area contributed by atoms with E-state index in [0.717, 1.165) is 19.4 Å². The fourth-order valence-corrected chi connectivity index (χ4v) is 4.64. The highest BCUT2D eigenvalue weighted by atomic mass is 32.2. The van der Waals surface area contributed by atoms with E-state index in [-0.39, 0.29) is 5.75 Å². The van der Waals surface area contributed by atoms with Crippen molar-refractivity contribution in [3.8, 4) is 0 Å². The van der Waals surface area contributed by atoms with Crippen molar-refractivity contribution in [3.63, 3.8) is 0 Å². The Hall–Kier alpha value is -0.170. The quantitative estimate of drug-likeness (QED) is 0.775. The van der Waals surface area contributed by atoms with Crippen LogP contribution in [0, 0.1) is 0 Å². The lowest BCUT2D eigenvalue weighted by atomic mass is 9.97. The SMILES string of the molecule is CCS(=O)(=O)N1CCC(NC(C)CC2CCCCN2)CC1. The molecule has 0 aromatic carbocycles. The van der Waals surface area contributed by atoms with E-state index in [9.17, 15) is 8.42 Å². The average molecular weight is 317 g/mol. The maximum absolute atomic E-state index is 11.8. The molecule has 2 rings (SSSR count). The molecule has 2 saturated heterocycles. The van der Waals surface area contributed by atoms with E-state index in [2.05, 4.69) is 17.6 Å². The fraction of sp³-hybridized carbons (Fsp3) is 1.00. The van der Waals surface area contributed by atoms with Crippen molar-refractivity contribution in [1.29, 1.82) is 0 Å². The maximum atomic E-state index is 11.8. The van der Waals surface area contributed by atoms with Crippen LogP contribution in [0.4, 0.5) is 0 Å². The highest BCUT2D eigenvalue weighted by Crippen LogP contribution is 2.17. The van der Waals surface area contributed by atoms with Gasteiger partial charge in [-0.3, -0.25) is 0 Å². The number of nitrogens with zero attached hydrogens (tertiary/aromatic N) is 1. The van der Waals surface area contributed by atoms with Crippen LogP contribution >= 0.6 is 0 Å². The summed E-state index contributed by atoms with van der Waals surface area (Å²) in [4.78, 5) is 0. The van der Waals surface area contributed by atoms with Gasteiger partial charge in [-0.05, 0) is 52.5 Å². The third kappa shape index (κ3) is 5.20. The lowest BCUT2D eigenvalue weighted by Gasteiger charge is -2.34. The number of piperidine rings is 2. The summed E-state index contributed by atoms with van der Waals surface area (Å²) in [5.74, 6) is 0.217. The number of rotatable bonds is 6. The number of hydrogen-bond donors (Lipinski definition) is 2. The van der Waals surface area contributed by atoms with Crippen molar-refractivity contribution in [2.24, 2.45) is 0 Å². The topological polar surface area (TPSA) is 61.4 Å². The monoisotopic (exact) mass is 317 g/mol. The van der Waals surface area contributed by atoms with Crippen LogP contribution in [0.2, 0.25) is 0 Å². The van der Waals surface area contributed by atoms with E-state index >= 15 is 0 Å². The van der Waals surface area contributed by atoms with Gasteiger partial charge < -0.3 is 10.6 Å². The molecule has 0 saturated carbocycles. The van der Waals surface area contributed by atoms with Gasteiger partial charge in [-0.25, -0.2) is 12.7 Å². The largest absolute Gasteiger partial charge is 0.314 e. The Morgan fingerprint density at radius 1 is 1.24 bits per heavy atom. The van der Waals surface area contributed by atoms with E-state index < -0.39 is 10.0 Å². The Labute approximate surface area is 129 Å². The van der Waals surface area contributed by atoms with Crippen LogP contribution in [0.25, 0.3) is 0 Å². The standard InChI is InChI=1S/C15H31N3O2S/c1-3-21(19,20)18-10-7-14(8-11-18)17-13(2)12-15-6-4-5-9-16-15/h13-17H,3-12H2,1-2H3. The van der Waals surface area contributed by atoms with E-state index in [1.165, 1.54) is 25.7 Å². The first kappa shape index (κ1) is 17.2. The van der Waals surface area contributed by atoms with Crippen LogP contribution < -0.4 is 10.6 Å². The van der Waals surface area contributed by atoms with Gasteiger partial charge in [0.05, 0.1) is 5.75 Å². The van der Waals surface area contributed by atoms with Crippen LogP contribution in [-0.4, -0.2) is 56.2 Å². The number of nitrogens with one attached hydrogen (secondary N) is 2. The van der Waals surface area contributed by atoms with Gasteiger partial charge in [-0.15, -0.1) is 0 Å². The molecular weight excluding hydrogens is 286 g/mol. The molecule has 5 nitrogen and oxygen atoms in total. The van der Waals surface area contributed by atoms with Crippen molar-refractivity contribution < 1.29 is 8.42 Å². The number of sulfonamides is 1. The Bertz CT molecular complexity index is 399. The lowest BCUT2D eigenvalue weighted by Crippen LogP contribution is -2.49. The van der Waals surface area contributed by atoms with Crippen LogP contribution in [0.3, 0.4) is 0 Å². The lowest BCUT2D eigenvalue weighted by molar-refractivity contribution is 0.261. The van der Waals surface area contributed by atoms with Gasteiger partial charge in [0.15, 0.2) is 0 Å². The highest BCUT2D eigenvalue weighted by Gasteiger charge is 2.27. The molecule has 0 radical (unpaired) electrons. The van der Waals surface area contributed by atoms with Crippen LogP contribution in [0.15, 0.2) is 0 Å². The molecule has 2 N–H and O–H groups in total. The normalized spacial score (nSPS) is 27.6. The molecule has 2 unspecified atom stereocenters. The minimum absolute atomic E-state index is 0.217. The second kappa shape index (κ2) is 7.90. The van der Waals surface area contributed by atoms with E-state index in [0.29, 0.717) is 31.2 Å². The maximum Gasteiger partial charge on any atom is 0.213 e. The number of hydrogen-bond acceptors (Lipinski definition) is 4. The molecule has 0 amide bonds. The van der Waals surface area contributed by atoms with Gasteiger partial charge in [0, 0.05) is 31.2 Å². The summed E-state index contributed by atoms with van der Waals surface area (Å²) in [6.07, 6.45) is 6.98. The summed E-state index contributed by atoms with van der Waals surface area (Å²) < 4.78 is 25.3. The predicted molar refractivity (Wildman–Crippen MR) is 86.9 cm³/mol. The van der Waals surface area contributed by atoms with Gasteiger partial charge >= 0.3 is 0 Å². The Balaban J connectivity index is 1.70. The molecule has 2 heterocycles. The van der Waals surface area contributed by atoms with Crippen molar-refractivity contribution in [2.75, 3.05) is 25.4 Å². The molecule has 21 heavy (non-hydrogen) atoms. The summed E-state index contributed by atoms with van der Waals surface area (Å²) in [6, 6.07) is 1.62. The molecule has 2 fully saturated rings. The van der Waals surface area contributed by atoms with Crippen molar-refractivity contribution in [1.82, 2.24) is 14.9 Å². The minimum Gasteiger partial charge on any atom is -0.314 e. The predicted octanol–water partition coefficient (Wildman–Crippen LogP) is 1.31. The van der Waals surface area contributed by atoms with E-state index in [4.69, 9.17) is 0 Å². The third-order valence-electron chi connectivity index (χ3n) is 4.78. The highest BCUT2D eigenvalue weighted by molar-refractivity contribution is 7.89. The van der Waals surface area contributed by atoms with Gasteiger partial charge in [-0.2, -0.15) is 0 Å². The molecule has 0 aromatic heterocycles. The summed E-state index contributed by atoms with van der Waals surface area (Å²) in [6.45, 7) is 6.47. The van der Waals surface area contributed by atoms with Gasteiger partial charge in [0.25, 0.3) is 0 Å². The molecule has 124 valence electrons. The summed E-state index contributed by atoms with van der Waals surface area (Å²) in [5.41, 5.74) is 0. The van der Waals surface area contributed by atoms with Crippen molar-refractivity contribution in [2.45, 2.75) is 70.5 Å². The second-order valence-corrected chi connectivity index (χ2v) is 8.78. The average Bonchev–Trinajstić information content (AvgIpc) is 2.48. The smallest absolute Gasteiger partial charge is 0.213 e. The molecule has 2 aliphatic rings. The van der Waals surface area contributed by atoms with Crippen LogP contribution in [-0.2, 0) is 10.0 Å². The van der Waals surface area contributed by atoms with Crippen LogP contribution in [0.5, 0.6) is 0 Å². The van der Waals surface area contributed by atoms with Crippen molar-refractivity contribution in [3.05, 3.63) is 0 Å². The van der Waals surface area contributed by atoms with Gasteiger partial charge in [0.2, 0.25) is 10.0 Å². The first-order valence-electron chi connectivity index (χ1n) is 8.48. The Morgan fingerprint density at radius 3 is 2.52 bits per heavy atom. The zero-order chi connectivity index (χ0) is 15.3. The minimum atomic E-state index is -3.00. The Kier molecular flexibility index (Phi) is 6.47. The van der Waals surface area contributed by atoms with Gasteiger partial charge in [-0.1, -0.05) is 6.42 Å². The molecule has 2 aliphatic heterocycles. The fourth-order valence-electron chi connectivity index (χ4n) is 3.51. The molecule has 0 aliphatic carbocycles. The summed E-state index contributed by atoms with van der Waals surface area (Å²) in [5, 5.41) is 7.29. The molecule has 0 bridgehead atoms. The summed E-state index contributed by atoms with van der Waals surface area (Å²) in [7, 11) is -3.00. The van der Waals surface area contributed by atoms with E-state index in [1.54, 1.807) is 11.2 Å². The second-order valence-electron chi connectivity index (χ2n) is 6.52. The molecule has 0 aromatic rings. The van der Waals surface area contributed by atoms with E-state index in [1.807, 2.05) is 0 Å². The molecule has 6 heteroatoms. The van der Waals surface area contributed by atoms with Crippen molar-refractivity contribution >= 4 is 10.0 Å². The molecule has 2 atom stereocenters.